The molecule has 8 heteroatoms. The van der Waals surface area contributed by atoms with Crippen molar-refractivity contribution in [3.63, 3.8) is 0 Å². The average Bonchev–Trinajstić information content (AvgIpc) is 2.54. The molecule has 0 amide bonds. The summed E-state index contributed by atoms with van der Waals surface area (Å²) >= 11 is 5.85. The van der Waals surface area contributed by atoms with Crippen LogP contribution < -0.4 is 14.2 Å². The lowest BCUT2D eigenvalue weighted by Gasteiger charge is -2.13. The van der Waals surface area contributed by atoms with Crippen LogP contribution >= 0.6 is 11.6 Å². The molecule has 0 fully saturated rings. The molecule has 0 unspecified atom stereocenters. The molecule has 2 aromatic carbocycles. The maximum Gasteiger partial charge on any atom is 0.240 e. The lowest BCUT2D eigenvalue weighted by Crippen LogP contribution is -2.29. The van der Waals surface area contributed by atoms with E-state index in [4.69, 9.17) is 21.1 Å². The minimum Gasteiger partial charge on any atom is -0.496 e. The number of sulfonamides is 1. The topological polar surface area (TPSA) is 64.6 Å². The first-order chi connectivity index (χ1) is 11.7. The van der Waals surface area contributed by atoms with Gasteiger partial charge in [0.2, 0.25) is 10.0 Å². The summed E-state index contributed by atoms with van der Waals surface area (Å²) in [5, 5.41) is 0.129. The summed E-state index contributed by atoms with van der Waals surface area (Å²) in [5.74, 6) is 0.452. The fraction of sp³-hybridized carbons (Fsp3) is 0.294. The van der Waals surface area contributed by atoms with Crippen molar-refractivity contribution < 1.29 is 22.3 Å². The minimum atomic E-state index is -3.69. The van der Waals surface area contributed by atoms with Crippen molar-refractivity contribution in [1.82, 2.24) is 4.72 Å². The molecule has 0 aliphatic heterocycles. The van der Waals surface area contributed by atoms with Gasteiger partial charge in [0.25, 0.3) is 0 Å². The molecule has 0 atom stereocenters. The van der Waals surface area contributed by atoms with Crippen LogP contribution in [0.25, 0.3) is 0 Å². The predicted octanol–water partition coefficient (Wildman–Crippen LogP) is 3.46. The first kappa shape index (κ1) is 19.5. The van der Waals surface area contributed by atoms with Gasteiger partial charge in [0.1, 0.15) is 23.9 Å². The van der Waals surface area contributed by atoms with Crippen LogP contribution in [0.3, 0.4) is 0 Å². The van der Waals surface area contributed by atoms with Crippen LogP contribution in [-0.4, -0.2) is 28.7 Å². The summed E-state index contributed by atoms with van der Waals surface area (Å²) in [6.07, 6.45) is 0. The van der Waals surface area contributed by atoms with Gasteiger partial charge in [0.05, 0.1) is 17.0 Å². The largest absolute Gasteiger partial charge is 0.496 e. The molecule has 5 nitrogen and oxygen atoms in total. The van der Waals surface area contributed by atoms with E-state index in [-0.39, 0.29) is 23.1 Å². The number of hydrogen-bond acceptors (Lipinski definition) is 4. The second kappa shape index (κ2) is 8.03. The third-order valence-corrected chi connectivity index (χ3v) is 5.43. The molecular formula is C17H19ClFNO4S. The Hall–Kier alpha value is -1.83. The van der Waals surface area contributed by atoms with E-state index in [2.05, 4.69) is 4.72 Å². The maximum atomic E-state index is 13.0. The Balaban J connectivity index is 2.01. The number of hydrogen-bond donors (Lipinski definition) is 1. The molecule has 2 rings (SSSR count). The van der Waals surface area contributed by atoms with Gasteiger partial charge in [-0.15, -0.1) is 0 Å². The van der Waals surface area contributed by atoms with E-state index in [1.807, 2.05) is 0 Å². The third-order valence-electron chi connectivity index (χ3n) is 3.53. The zero-order valence-electron chi connectivity index (χ0n) is 14.1. The zero-order valence-corrected chi connectivity index (χ0v) is 15.7. The fourth-order valence-electron chi connectivity index (χ4n) is 2.28. The predicted molar refractivity (Wildman–Crippen MR) is 94.6 cm³/mol. The molecule has 0 aromatic heterocycles. The third kappa shape index (κ3) is 4.84. The van der Waals surface area contributed by atoms with Gasteiger partial charge >= 0.3 is 0 Å². The van der Waals surface area contributed by atoms with E-state index in [1.54, 1.807) is 26.0 Å². The van der Waals surface area contributed by atoms with Crippen molar-refractivity contribution in [3.8, 4) is 11.5 Å². The molecule has 0 bridgehead atoms. The monoisotopic (exact) mass is 387 g/mol. The van der Waals surface area contributed by atoms with E-state index >= 15 is 0 Å². The van der Waals surface area contributed by atoms with Gasteiger partial charge < -0.3 is 9.47 Å². The highest BCUT2D eigenvalue weighted by atomic mass is 35.5. The summed E-state index contributed by atoms with van der Waals surface area (Å²) < 4.78 is 50.9. The Bertz CT molecular complexity index is 871. The molecule has 0 saturated heterocycles. The van der Waals surface area contributed by atoms with Crippen molar-refractivity contribution in [2.45, 2.75) is 18.7 Å². The molecule has 0 saturated carbocycles. The van der Waals surface area contributed by atoms with Crippen molar-refractivity contribution in [1.29, 1.82) is 0 Å². The van der Waals surface area contributed by atoms with Crippen LogP contribution in [-0.2, 0) is 10.0 Å². The van der Waals surface area contributed by atoms with E-state index in [0.29, 0.717) is 17.1 Å². The summed E-state index contributed by atoms with van der Waals surface area (Å²) in [7, 11) is -2.15. The number of aryl methyl sites for hydroxylation is 2. The second-order valence-electron chi connectivity index (χ2n) is 5.41. The summed E-state index contributed by atoms with van der Waals surface area (Å²) in [6.45, 7) is 3.57. The van der Waals surface area contributed by atoms with Crippen LogP contribution in [0.2, 0.25) is 5.02 Å². The number of halogens is 2. The number of benzene rings is 2. The van der Waals surface area contributed by atoms with Crippen LogP contribution in [0.4, 0.5) is 4.39 Å². The summed E-state index contributed by atoms with van der Waals surface area (Å²) in [5.41, 5.74) is 1.31. The van der Waals surface area contributed by atoms with Crippen LogP contribution in [0, 0.1) is 19.7 Å². The number of rotatable bonds is 7. The SMILES string of the molecule is COc1cc(C)c(S(=O)(=O)NCCOc2ccc(F)cc2Cl)cc1C. The molecule has 2 aromatic rings. The lowest BCUT2D eigenvalue weighted by molar-refractivity contribution is 0.322. The Labute approximate surface area is 151 Å². The lowest BCUT2D eigenvalue weighted by atomic mass is 10.1. The normalized spacial score (nSPS) is 11.4. The Morgan fingerprint density at radius 1 is 1.12 bits per heavy atom. The molecule has 1 N–H and O–H groups in total. The zero-order chi connectivity index (χ0) is 18.6. The first-order valence-corrected chi connectivity index (χ1v) is 9.33. The van der Waals surface area contributed by atoms with E-state index in [9.17, 15) is 12.8 Å². The van der Waals surface area contributed by atoms with Crippen LogP contribution in [0.5, 0.6) is 11.5 Å². The molecule has 25 heavy (non-hydrogen) atoms. The first-order valence-electron chi connectivity index (χ1n) is 7.47. The number of nitrogens with one attached hydrogen (secondary N) is 1. The smallest absolute Gasteiger partial charge is 0.240 e. The standard InChI is InChI=1S/C17H19ClFNO4S/c1-11-9-17(12(2)8-16(11)23-3)25(21,22)20-6-7-24-15-5-4-13(19)10-14(15)18/h4-5,8-10,20H,6-7H2,1-3H3. The molecule has 136 valence electrons. The minimum absolute atomic E-state index is 0.0422. The number of methoxy groups -OCH3 is 1. The van der Waals surface area contributed by atoms with Gasteiger partial charge in [0.15, 0.2) is 0 Å². The van der Waals surface area contributed by atoms with Gasteiger partial charge in [-0.2, -0.15) is 0 Å². The van der Waals surface area contributed by atoms with E-state index in [0.717, 1.165) is 11.6 Å². The highest BCUT2D eigenvalue weighted by molar-refractivity contribution is 7.89. The van der Waals surface area contributed by atoms with Gasteiger partial charge in [-0.25, -0.2) is 17.5 Å². The Morgan fingerprint density at radius 2 is 1.84 bits per heavy atom. The summed E-state index contributed by atoms with van der Waals surface area (Å²) in [4.78, 5) is 0.186. The fourth-order valence-corrected chi connectivity index (χ4v) is 3.82. The van der Waals surface area contributed by atoms with Crippen molar-refractivity contribution in [2.24, 2.45) is 0 Å². The average molecular weight is 388 g/mol. The van der Waals surface area contributed by atoms with Crippen LogP contribution in [0.1, 0.15) is 11.1 Å². The van der Waals surface area contributed by atoms with Crippen LogP contribution in [0.15, 0.2) is 35.2 Å². The van der Waals surface area contributed by atoms with Gasteiger partial charge in [-0.1, -0.05) is 11.6 Å². The van der Waals surface area contributed by atoms with E-state index in [1.165, 1.54) is 19.2 Å². The highest BCUT2D eigenvalue weighted by Gasteiger charge is 2.18. The van der Waals surface area contributed by atoms with Gasteiger partial charge in [-0.05, 0) is 55.3 Å². The molecule has 0 heterocycles. The number of ether oxygens (including phenoxy) is 2. The molecule has 0 aliphatic carbocycles. The van der Waals surface area contributed by atoms with Crippen molar-refractivity contribution in [3.05, 3.63) is 52.3 Å². The summed E-state index contributed by atoms with van der Waals surface area (Å²) in [6, 6.07) is 6.98. The highest BCUT2D eigenvalue weighted by Crippen LogP contribution is 2.26. The molecular weight excluding hydrogens is 369 g/mol. The maximum absolute atomic E-state index is 13.0. The van der Waals surface area contributed by atoms with Gasteiger partial charge in [0, 0.05) is 6.54 Å². The quantitative estimate of drug-likeness (QED) is 0.739. The Kier molecular flexibility index (Phi) is 6.26. The molecule has 0 radical (unpaired) electrons. The van der Waals surface area contributed by atoms with Crippen molar-refractivity contribution >= 4 is 21.6 Å². The van der Waals surface area contributed by atoms with Crippen molar-refractivity contribution in [2.75, 3.05) is 20.3 Å². The molecule has 0 spiro atoms. The molecule has 0 aliphatic rings. The Morgan fingerprint density at radius 3 is 2.48 bits per heavy atom. The van der Waals surface area contributed by atoms with Gasteiger partial charge in [-0.3, -0.25) is 0 Å². The van der Waals surface area contributed by atoms with E-state index < -0.39 is 15.8 Å². The second-order valence-corrected chi connectivity index (χ2v) is 7.55.